The monoisotopic (exact) mass is 730 g/mol. The Balaban J connectivity index is 0.000000204. The summed E-state index contributed by atoms with van der Waals surface area (Å²) in [5.74, 6) is 3.62. The summed E-state index contributed by atoms with van der Waals surface area (Å²) in [5.41, 5.74) is 7.11. The molecule has 0 saturated heterocycles. The molecule has 0 aromatic heterocycles. The van der Waals surface area contributed by atoms with Crippen LogP contribution in [-0.2, 0) is 0 Å². The van der Waals surface area contributed by atoms with Crippen molar-refractivity contribution in [1.29, 1.82) is 0 Å². The summed E-state index contributed by atoms with van der Waals surface area (Å²) < 4.78 is 57.8. The molecule has 0 spiro atoms. The number of alkyl halides is 4. The Kier molecular flexibility index (Phi) is 16.1. The summed E-state index contributed by atoms with van der Waals surface area (Å²) in [7, 11) is 0. The molecule has 0 aliphatic heterocycles. The van der Waals surface area contributed by atoms with E-state index in [1.165, 1.54) is 107 Å². The van der Waals surface area contributed by atoms with Crippen LogP contribution < -0.4 is 9.47 Å². The number of unbranched alkanes of at least 4 members (excludes halogenated alkanes) is 3. The average Bonchev–Trinajstić information content (AvgIpc) is 3.18. The molecule has 53 heavy (non-hydrogen) atoms. The molecule has 2 nitrogen and oxygen atoms in total. The van der Waals surface area contributed by atoms with E-state index in [-0.39, 0.29) is 11.5 Å². The Morgan fingerprint density at radius 1 is 0.434 bits per heavy atom. The number of rotatable bonds is 15. The Hall–Kier alpha value is -3.80. The predicted molar refractivity (Wildman–Crippen MR) is 210 cm³/mol. The van der Waals surface area contributed by atoms with Gasteiger partial charge in [-0.3, -0.25) is 0 Å². The lowest BCUT2D eigenvalue weighted by molar-refractivity contribution is -0.0505. The van der Waals surface area contributed by atoms with E-state index in [2.05, 4.69) is 71.9 Å². The minimum absolute atomic E-state index is 0.195. The van der Waals surface area contributed by atoms with Crippen molar-refractivity contribution in [3.05, 3.63) is 108 Å². The van der Waals surface area contributed by atoms with Crippen LogP contribution in [0.25, 0.3) is 22.3 Å². The molecule has 0 heterocycles. The maximum Gasteiger partial charge on any atom is 0.387 e. The molecule has 0 atom stereocenters. The number of hydrogen-bond donors (Lipinski definition) is 0. The van der Waals surface area contributed by atoms with Gasteiger partial charge in [0, 0.05) is 0 Å². The average molecular weight is 731 g/mol. The van der Waals surface area contributed by atoms with Crippen LogP contribution in [0.4, 0.5) is 17.6 Å². The molecule has 286 valence electrons. The van der Waals surface area contributed by atoms with E-state index in [4.69, 9.17) is 0 Å². The lowest BCUT2D eigenvalue weighted by atomic mass is 9.77. The fourth-order valence-corrected chi connectivity index (χ4v) is 8.30. The summed E-state index contributed by atoms with van der Waals surface area (Å²) in [5, 5.41) is 0. The van der Waals surface area contributed by atoms with Gasteiger partial charge in [0.05, 0.1) is 0 Å². The molecule has 0 amide bonds. The molecule has 0 unspecified atom stereocenters. The van der Waals surface area contributed by atoms with Gasteiger partial charge in [0.25, 0.3) is 0 Å². The second-order valence-electron chi connectivity index (χ2n) is 15.1. The SMILES string of the molecule is CCCCC[C@H]1CC[C@H](c2ccc(-c3ccc(OC(F)F)cc3)cc2)CC1.CCCC[C@H]1CC[C@H](c2ccc(-c3ccc(OC(F)F)cc3)cc2)CC1. The second-order valence-corrected chi connectivity index (χ2v) is 15.1. The summed E-state index contributed by atoms with van der Waals surface area (Å²) in [4.78, 5) is 0. The van der Waals surface area contributed by atoms with Crippen LogP contribution in [-0.4, -0.2) is 13.2 Å². The van der Waals surface area contributed by atoms with E-state index in [1.54, 1.807) is 24.3 Å². The van der Waals surface area contributed by atoms with Crippen molar-refractivity contribution in [3.63, 3.8) is 0 Å². The predicted octanol–water partition coefficient (Wildman–Crippen LogP) is 15.2. The van der Waals surface area contributed by atoms with Crippen molar-refractivity contribution in [3.8, 4) is 33.8 Å². The molecule has 2 fully saturated rings. The maximum atomic E-state index is 12.2. The summed E-state index contributed by atoms with van der Waals surface area (Å²) >= 11 is 0. The van der Waals surface area contributed by atoms with Crippen LogP contribution in [0.3, 0.4) is 0 Å². The fourth-order valence-electron chi connectivity index (χ4n) is 8.30. The van der Waals surface area contributed by atoms with Crippen molar-refractivity contribution in [2.45, 2.75) is 135 Å². The topological polar surface area (TPSA) is 18.5 Å². The van der Waals surface area contributed by atoms with Gasteiger partial charge in [0.15, 0.2) is 0 Å². The first-order valence-electron chi connectivity index (χ1n) is 20.1. The molecule has 0 N–H and O–H groups in total. The highest BCUT2D eigenvalue weighted by molar-refractivity contribution is 5.65. The zero-order valence-corrected chi connectivity index (χ0v) is 31.6. The van der Waals surface area contributed by atoms with Crippen molar-refractivity contribution < 1.29 is 27.0 Å². The highest BCUT2D eigenvalue weighted by Crippen LogP contribution is 2.40. The second kappa shape index (κ2) is 21.2. The third-order valence-corrected chi connectivity index (χ3v) is 11.5. The minimum atomic E-state index is -2.78. The molecule has 6 rings (SSSR count). The van der Waals surface area contributed by atoms with Gasteiger partial charge in [0.1, 0.15) is 11.5 Å². The van der Waals surface area contributed by atoms with E-state index in [0.29, 0.717) is 11.8 Å². The Bertz CT molecular complexity index is 1570. The largest absolute Gasteiger partial charge is 0.435 e. The van der Waals surface area contributed by atoms with Crippen LogP contribution in [0.1, 0.15) is 133 Å². The highest BCUT2D eigenvalue weighted by Gasteiger charge is 2.23. The van der Waals surface area contributed by atoms with E-state index in [9.17, 15) is 17.6 Å². The quantitative estimate of drug-likeness (QED) is 0.0896. The highest BCUT2D eigenvalue weighted by atomic mass is 19.3. The van der Waals surface area contributed by atoms with E-state index in [0.717, 1.165) is 34.1 Å². The first-order valence-corrected chi connectivity index (χ1v) is 20.1. The summed E-state index contributed by atoms with van der Waals surface area (Å²) in [6.07, 6.45) is 20.2. The van der Waals surface area contributed by atoms with Crippen LogP contribution in [0.5, 0.6) is 11.5 Å². The first kappa shape index (κ1) is 40.4. The van der Waals surface area contributed by atoms with Crippen molar-refractivity contribution in [1.82, 2.24) is 0 Å². The Morgan fingerprint density at radius 2 is 0.755 bits per heavy atom. The molecule has 4 aromatic carbocycles. The van der Waals surface area contributed by atoms with Gasteiger partial charge in [-0.25, -0.2) is 0 Å². The number of ether oxygens (including phenoxy) is 2. The Morgan fingerprint density at radius 3 is 1.08 bits per heavy atom. The number of halogens is 4. The first-order chi connectivity index (χ1) is 25.8. The summed E-state index contributed by atoms with van der Waals surface area (Å²) in [6.45, 7) is -1.02. The minimum Gasteiger partial charge on any atom is -0.435 e. The third kappa shape index (κ3) is 12.9. The van der Waals surface area contributed by atoms with Crippen molar-refractivity contribution >= 4 is 0 Å². The van der Waals surface area contributed by atoms with E-state index >= 15 is 0 Å². The molecular formula is C47H58F4O2. The van der Waals surface area contributed by atoms with Gasteiger partial charge in [-0.1, -0.05) is 132 Å². The van der Waals surface area contributed by atoms with E-state index in [1.807, 2.05) is 24.3 Å². The normalized spacial score (nSPS) is 20.2. The number of benzene rings is 4. The van der Waals surface area contributed by atoms with Crippen molar-refractivity contribution in [2.24, 2.45) is 11.8 Å². The molecular weight excluding hydrogens is 673 g/mol. The molecule has 6 heteroatoms. The van der Waals surface area contributed by atoms with Crippen LogP contribution >= 0.6 is 0 Å². The zero-order chi connectivity index (χ0) is 37.4. The van der Waals surface area contributed by atoms with E-state index < -0.39 is 13.2 Å². The van der Waals surface area contributed by atoms with Gasteiger partial charge in [-0.05, 0) is 133 Å². The molecule has 0 radical (unpaired) electrons. The van der Waals surface area contributed by atoms with Crippen LogP contribution in [0, 0.1) is 11.8 Å². The standard InChI is InChI=1S/C24H30F2O.C23H28F2O/c1-2-3-4-5-18-6-8-19(9-7-18)20-10-12-21(13-11-20)22-14-16-23(17-15-22)27-24(25)26;1-2-3-4-17-5-7-18(8-6-17)19-9-11-20(12-10-19)21-13-15-22(16-14-21)26-23(24)25/h10-19,24H,2-9H2,1H3;9-18,23H,2-8H2,1H3/t18-,19-;17-,18-. The molecule has 2 aliphatic carbocycles. The smallest absolute Gasteiger partial charge is 0.387 e. The van der Waals surface area contributed by atoms with Crippen LogP contribution in [0.15, 0.2) is 97.1 Å². The maximum absolute atomic E-state index is 12.2. The number of hydrogen-bond acceptors (Lipinski definition) is 2. The van der Waals surface area contributed by atoms with Gasteiger partial charge < -0.3 is 9.47 Å². The van der Waals surface area contributed by atoms with Gasteiger partial charge >= 0.3 is 13.2 Å². The van der Waals surface area contributed by atoms with Gasteiger partial charge in [-0.15, -0.1) is 0 Å². The lowest BCUT2D eigenvalue weighted by Gasteiger charge is -2.29. The third-order valence-electron chi connectivity index (χ3n) is 11.5. The Labute approximate surface area is 315 Å². The molecule has 2 aliphatic rings. The zero-order valence-electron chi connectivity index (χ0n) is 31.6. The van der Waals surface area contributed by atoms with Gasteiger partial charge in [0.2, 0.25) is 0 Å². The van der Waals surface area contributed by atoms with Gasteiger partial charge in [-0.2, -0.15) is 17.6 Å². The summed E-state index contributed by atoms with van der Waals surface area (Å²) in [6, 6.07) is 31.2. The fraction of sp³-hybridized carbons (Fsp3) is 0.489. The molecule has 4 aromatic rings. The molecule has 0 bridgehead atoms. The van der Waals surface area contributed by atoms with Crippen LogP contribution in [0.2, 0.25) is 0 Å². The van der Waals surface area contributed by atoms with Crippen molar-refractivity contribution in [2.75, 3.05) is 0 Å². The lowest BCUT2D eigenvalue weighted by Crippen LogP contribution is -2.13. The molecule has 2 saturated carbocycles.